The van der Waals surface area contributed by atoms with E-state index in [-0.39, 0.29) is 5.75 Å². The van der Waals surface area contributed by atoms with E-state index in [0.29, 0.717) is 11.4 Å². The lowest BCUT2D eigenvalue weighted by Crippen LogP contribution is -2.37. The zero-order valence-electron chi connectivity index (χ0n) is 15.7. The van der Waals surface area contributed by atoms with Crippen molar-refractivity contribution in [3.05, 3.63) is 90.2 Å². The van der Waals surface area contributed by atoms with Crippen molar-refractivity contribution in [1.82, 2.24) is 0 Å². The van der Waals surface area contributed by atoms with E-state index in [4.69, 9.17) is 4.84 Å². The van der Waals surface area contributed by atoms with Gasteiger partial charge in [-0.3, -0.25) is 14.4 Å². The SMILES string of the molecule is O=C1C2ON(c3ccccc3)C(c3ccc(O)cc3)C2C(=O)N1c1ccc(F)cc1. The number of aromatic hydroxyl groups is 1. The predicted molar refractivity (Wildman–Crippen MR) is 107 cm³/mol. The fraction of sp³-hybridized carbons (Fsp3) is 0.130. The third-order valence-corrected chi connectivity index (χ3v) is 5.45. The number of phenols is 1. The van der Waals surface area contributed by atoms with E-state index in [1.165, 1.54) is 36.4 Å². The van der Waals surface area contributed by atoms with Gasteiger partial charge in [0.1, 0.15) is 17.5 Å². The Hall–Kier alpha value is -3.71. The smallest absolute Gasteiger partial charge is 0.266 e. The van der Waals surface area contributed by atoms with Crippen LogP contribution in [0.25, 0.3) is 0 Å². The zero-order valence-corrected chi connectivity index (χ0v) is 15.7. The van der Waals surface area contributed by atoms with Crippen molar-refractivity contribution in [1.29, 1.82) is 0 Å². The Morgan fingerprint density at radius 1 is 0.800 bits per heavy atom. The molecule has 0 spiro atoms. The zero-order chi connectivity index (χ0) is 20.8. The summed E-state index contributed by atoms with van der Waals surface area (Å²) >= 11 is 0. The van der Waals surface area contributed by atoms with Crippen LogP contribution in [0.3, 0.4) is 0 Å². The van der Waals surface area contributed by atoms with Crippen LogP contribution < -0.4 is 9.96 Å². The maximum absolute atomic E-state index is 13.4. The first-order valence-electron chi connectivity index (χ1n) is 9.48. The number of rotatable bonds is 3. The first-order chi connectivity index (χ1) is 14.5. The summed E-state index contributed by atoms with van der Waals surface area (Å²) in [7, 11) is 0. The van der Waals surface area contributed by atoms with Crippen molar-refractivity contribution < 1.29 is 23.9 Å². The number of halogens is 1. The molecule has 0 aliphatic carbocycles. The van der Waals surface area contributed by atoms with E-state index in [0.717, 1.165) is 10.5 Å². The van der Waals surface area contributed by atoms with Gasteiger partial charge in [0, 0.05) is 0 Å². The second-order valence-corrected chi connectivity index (χ2v) is 7.24. The molecule has 2 heterocycles. The van der Waals surface area contributed by atoms with Crippen LogP contribution in [0, 0.1) is 11.7 Å². The van der Waals surface area contributed by atoms with Crippen molar-refractivity contribution in [2.24, 2.45) is 5.92 Å². The number of hydrogen-bond acceptors (Lipinski definition) is 5. The highest BCUT2D eigenvalue weighted by Crippen LogP contribution is 2.47. The summed E-state index contributed by atoms with van der Waals surface area (Å²) in [5.74, 6) is -2.03. The third-order valence-electron chi connectivity index (χ3n) is 5.45. The van der Waals surface area contributed by atoms with Crippen LogP contribution in [0.15, 0.2) is 78.9 Å². The molecule has 0 saturated carbocycles. The predicted octanol–water partition coefficient (Wildman–Crippen LogP) is 3.58. The molecular weight excluding hydrogens is 387 g/mol. The molecule has 2 fully saturated rings. The van der Waals surface area contributed by atoms with E-state index in [9.17, 15) is 19.1 Å². The van der Waals surface area contributed by atoms with Gasteiger partial charge in [0.2, 0.25) is 5.91 Å². The van der Waals surface area contributed by atoms with Gasteiger partial charge in [0.15, 0.2) is 6.10 Å². The van der Waals surface area contributed by atoms with Crippen LogP contribution >= 0.6 is 0 Å². The average molecular weight is 404 g/mol. The van der Waals surface area contributed by atoms with Crippen LogP contribution in [0.5, 0.6) is 5.75 Å². The summed E-state index contributed by atoms with van der Waals surface area (Å²) in [5, 5.41) is 11.3. The Bertz CT molecular complexity index is 1100. The van der Waals surface area contributed by atoms with Crippen LogP contribution in [0.1, 0.15) is 11.6 Å². The number of anilines is 2. The molecule has 3 aromatic rings. The summed E-state index contributed by atoms with van der Waals surface area (Å²) in [4.78, 5) is 33.5. The summed E-state index contributed by atoms with van der Waals surface area (Å²) in [6.45, 7) is 0. The van der Waals surface area contributed by atoms with Gasteiger partial charge in [0.05, 0.1) is 17.4 Å². The molecule has 1 N–H and O–H groups in total. The minimum atomic E-state index is -0.999. The van der Waals surface area contributed by atoms with Gasteiger partial charge >= 0.3 is 0 Å². The molecule has 7 heteroatoms. The fourth-order valence-corrected chi connectivity index (χ4v) is 4.07. The molecule has 2 amide bonds. The maximum Gasteiger partial charge on any atom is 0.266 e. The normalized spacial score (nSPS) is 23.2. The molecule has 5 rings (SSSR count). The lowest BCUT2D eigenvalue weighted by Gasteiger charge is -2.28. The second kappa shape index (κ2) is 6.96. The summed E-state index contributed by atoms with van der Waals surface area (Å²) < 4.78 is 13.3. The van der Waals surface area contributed by atoms with Crippen LogP contribution in [0.4, 0.5) is 15.8 Å². The summed E-state index contributed by atoms with van der Waals surface area (Å²) in [5.41, 5.74) is 1.74. The van der Waals surface area contributed by atoms with Gasteiger partial charge in [-0.05, 0) is 54.1 Å². The number of imide groups is 1. The standard InChI is InChI=1S/C23H17FN2O4/c24-15-8-10-16(11-9-15)25-22(28)19-20(14-6-12-18(27)13-7-14)26(30-21(19)23(25)29)17-4-2-1-3-5-17/h1-13,19-21,27H. The number of para-hydroxylation sites is 1. The average Bonchev–Trinajstić information content (AvgIpc) is 3.27. The molecule has 0 bridgehead atoms. The van der Waals surface area contributed by atoms with E-state index < -0.39 is 35.7 Å². The highest BCUT2D eigenvalue weighted by molar-refractivity contribution is 6.23. The van der Waals surface area contributed by atoms with Crippen molar-refractivity contribution >= 4 is 23.2 Å². The van der Waals surface area contributed by atoms with Crippen LogP contribution in [-0.4, -0.2) is 23.0 Å². The maximum atomic E-state index is 13.4. The number of phenolic OH excluding ortho intramolecular Hbond substituents is 1. The number of hydrogen-bond donors (Lipinski definition) is 1. The number of amides is 2. The molecule has 150 valence electrons. The van der Waals surface area contributed by atoms with Crippen molar-refractivity contribution in [2.45, 2.75) is 12.1 Å². The quantitative estimate of drug-likeness (QED) is 0.676. The Balaban J connectivity index is 1.58. The van der Waals surface area contributed by atoms with Gasteiger partial charge in [-0.1, -0.05) is 30.3 Å². The molecule has 30 heavy (non-hydrogen) atoms. The number of carbonyl (C=O) groups is 2. The van der Waals surface area contributed by atoms with Gasteiger partial charge in [-0.2, -0.15) is 0 Å². The van der Waals surface area contributed by atoms with Crippen molar-refractivity contribution in [2.75, 3.05) is 9.96 Å². The summed E-state index contributed by atoms with van der Waals surface area (Å²) in [6, 6.07) is 20.3. The number of fused-ring (bicyclic) bond motifs is 1. The number of nitrogens with zero attached hydrogens (tertiary/aromatic N) is 2. The van der Waals surface area contributed by atoms with E-state index >= 15 is 0 Å². The minimum absolute atomic E-state index is 0.0993. The number of carbonyl (C=O) groups excluding carboxylic acids is 2. The summed E-state index contributed by atoms with van der Waals surface area (Å²) in [6.07, 6.45) is -0.999. The minimum Gasteiger partial charge on any atom is -0.508 e. The molecule has 2 aliphatic heterocycles. The van der Waals surface area contributed by atoms with Crippen molar-refractivity contribution in [3.63, 3.8) is 0 Å². The molecule has 6 nitrogen and oxygen atoms in total. The molecule has 2 saturated heterocycles. The van der Waals surface area contributed by atoms with Gasteiger partial charge in [-0.25, -0.2) is 14.4 Å². The third kappa shape index (κ3) is 2.83. The number of hydroxylamine groups is 1. The van der Waals surface area contributed by atoms with Crippen LogP contribution in [0.2, 0.25) is 0 Å². The Morgan fingerprint density at radius 2 is 1.47 bits per heavy atom. The molecule has 3 unspecified atom stereocenters. The number of benzene rings is 3. The van der Waals surface area contributed by atoms with E-state index in [1.807, 2.05) is 30.3 Å². The second-order valence-electron chi connectivity index (χ2n) is 7.24. The Morgan fingerprint density at radius 3 is 2.13 bits per heavy atom. The Kier molecular flexibility index (Phi) is 4.25. The van der Waals surface area contributed by atoms with Gasteiger partial charge < -0.3 is 5.11 Å². The molecular formula is C23H17FN2O4. The lowest BCUT2D eigenvalue weighted by atomic mass is 9.90. The van der Waals surface area contributed by atoms with Crippen molar-refractivity contribution in [3.8, 4) is 5.75 Å². The highest BCUT2D eigenvalue weighted by Gasteiger charge is 2.60. The van der Waals surface area contributed by atoms with Crippen LogP contribution in [-0.2, 0) is 14.4 Å². The fourth-order valence-electron chi connectivity index (χ4n) is 4.07. The largest absolute Gasteiger partial charge is 0.508 e. The molecule has 2 aliphatic rings. The van der Waals surface area contributed by atoms with Gasteiger partial charge in [-0.15, -0.1) is 0 Å². The molecule has 3 aromatic carbocycles. The molecule has 0 radical (unpaired) electrons. The first-order valence-corrected chi connectivity index (χ1v) is 9.48. The highest BCUT2D eigenvalue weighted by atomic mass is 19.1. The first kappa shape index (κ1) is 18.3. The Labute approximate surface area is 171 Å². The molecule has 0 aromatic heterocycles. The monoisotopic (exact) mass is 404 g/mol. The molecule has 3 atom stereocenters. The topological polar surface area (TPSA) is 70.1 Å². The lowest BCUT2D eigenvalue weighted by molar-refractivity contribution is -0.126. The van der Waals surface area contributed by atoms with E-state index in [2.05, 4.69) is 0 Å². The van der Waals surface area contributed by atoms with Gasteiger partial charge in [0.25, 0.3) is 5.91 Å². The van der Waals surface area contributed by atoms with E-state index in [1.54, 1.807) is 17.2 Å².